The molecule has 140 valence electrons. The zero-order valence-electron chi connectivity index (χ0n) is 15.3. The summed E-state index contributed by atoms with van der Waals surface area (Å²) < 4.78 is 17.6. The molecule has 3 nitrogen and oxygen atoms in total. The van der Waals surface area contributed by atoms with Gasteiger partial charge in [-0.05, 0) is 61.3 Å². The second-order valence-corrected chi connectivity index (χ2v) is 8.42. The van der Waals surface area contributed by atoms with Crippen LogP contribution in [0.1, 0.15) is 41.1 Å². The molecule has 0 aromatic heterocycles. The molecule has 1 fully saturated rings. The van der Waals surface area contributed by atoms with Crippen molar-refractivity contribution in [2.24, 2.45) is 5.92 Å². The monoisotopic (exact) mass is 366 g/mol. The van der Waals surface area contributed by atoms with Crippen LogP contribution >= 0.6 is 11.8 Å². The van der Waals surface area contributed by atoms with E-state index in [0.29, 0.717) is 24.3 Å². The quantitative estimate of drug-likeness (QED) is 0.590. The molecule has 1 aromatic rings. The lowest BCUT2D eigenvalue weighted by Crippen LogP contribution is -2.48. The van der Waals surface area contributed by atoms with Crippen molar-refractivity contribution in [2.45, 2.75) is 45.3 Å². The first-order valence-corrected chi connectivity index (χ1v) is 10.5. The fraction of sp³-hybridized carbons (Fsp3) is 0.700. The van der Waals surface area contributed by atoms with Crippen molar-refractivity contribution in [3.05, 3.63) is 34.4 Å². The van der Waals surface area contributed by atoms with Crippen LogP contribution in [0.2, 0.25) is 0 Å². The first-order chi connectivity index (χ1) is 12.1. The van der Waals surface area contributed by atoms with Gasteiger partial charge in [0.1, 0.15) is 0 Å². The van der Waals surface area contributed by atoms with E-state index in [1.54, 1.807) is 0 Å². The number of piperidine rings is 1. The number of thioether (sulfide) groups is 1. The maximum Gasteiger partial charge on any atom is 0.0985 e. The Hall–Kier alpha value is -0.620. The minimum Gasteiger partial charge on any atom is -0.393 e. The number of aliphatic hydroxyl groups excluding tert-OH is 1. The third-order valence-corrected chi connectivity index (χ3v) is 6.50. The highest BCUT2D eigenvalue weighted by Crippen LogP contribution is 2.40. The largest absolute Gasteiger partial charge is 0.393 e. The summed E-state index contributed by atoms with van der Waals surface area (Å²) in [4.78, 5) is 2.55. The van der Waals surface area contributed by atoms with Gasteiger partial charge in [-0.2, -0.15) is 0 Å². The number of hydrogen-bond donors (Lipinski definition) is 1. The van der Waals surface area contributed by atoms with Gasteiger partial charge >= 0.3 is 0 Å². The summed E-state index contributed by atoms with van der Waals surface area (Å²) in [6.07, 6.45) is 2.53. The lowest BCUT2D eigenvalue weighted by Gasteiger charge is -2.46. The molecule has 3 rings (SSSR count). The Morgan fingerprint density at radius 3 is 2.92 bits per heavy atom. The Bertz CT molecular complexity index is 583. The van der Waals surface area contributed by atoms with Crippen LogP contribution in [0.4, 0.5) is 4.39 Å². The van der Waals surface area contributed by atoms with Gasteiger partial charge in [-0.15, -0.1) is 11.8 Å². The second kappa shape index (κ2) is 8.85. The van der Waals surface area contributed by atoms with Gasteiger partial charge in [-0.25, -0.2) is 0 Å². The van der Waals surface area contributed by atoms with E-state index in [1.807, 2.05) is 0 Å². The molecular formula is C20H30FNO2S. The van der Waals surface area contributed by atoms with Crippen molar-refractivity contribution in [1.29, 1.82) is 0 Å². The average molecular weight is 367 g/mol. The fourth-order valence-corrected chi connectivity index (χ4v) is 4.59. The van der Waals surface area contributed by atoms with Gasteiger partial charge in [0.25, 0.3) is 0 Å². The molecule has 2 aliphatic rings. The Kier molecular flexibility index (Phi) is 6.78. The number of aryl methyl sites for hydroxylation is 2. The van der Waals surface area contributed by atoms with Crippen LogP contribution in [0.5, 0.6) is 0 Å². The summed E-state index contributed by atoms with van der Waals surface area (Å²) in [5.41, 5.74) is 5.59. The maximum atomic E-state index is 12.0. The van der Waals surface area contributed by atoms with Gasteiger partial charge in [0.05, 0.1) is 18.7 Å². The predicted octanol–water partition coefficient (Wildman–Crippen LogP) is 3.65. The van der Waals surface area contributed by atoms with Gasteiger partial charge in [0.15, 0.2) is 0 Å². The summed E-state index contributed by atoms with van der Waals surface area (Å²) in [5, 5.41) is 10.7. The summed E-state index contributed by atoms with van der Waals surface area (Å²) in [5.74, 6) is 1.32. The number of alkyl halides is 1. The van der Waals surface area contributed by atoms with E-state index in [4.69, 9.17) is 4.74 Å². The molecule has 3 atom stereocenters. The highest BCUT2D eigenvalue weighted by atomic mass is 32.2. The Labute approximate surface area is 154 Å². The molecule has 0 amide bonds. The van der Waals surface area contributed by atoms with Gasteiger partial charge in [0.2, 0.25) is 0 Å². The number of nitrogens with zero attached hydrogens (tertiary/aromatic N) is 1. The third kappa shape index (κ3) is 4.57. The van der Waals surface area contributed by atoms with E-state index in [2.05, 4.69) is 30.9 Å². The molecule has 1 aromatic carbocycles. The number of rotatable bonds is 7. The molecule has 0 aliphatic carbocycles. The lowest BCUT2D eigenvalue weighted by molar-refractivity contribution is -0.0229. The zero-order chi connectivity index (χ0) is 17.8. The van der Waals surface area contributed by atoms with E-state index in [1.165, 1.54) is 34.0 Å². The first kappa shape index (κ1) is 19.2. The molecule has 1 saturated heterocycles. The van der Waals surface area contributed by atoms with Crippen molar-refractivity contribution < 1.29 is 14.2 Å². The van der Waals surface area contributed by atoms with Crippen molar-refractivity contribution in [3.63, 3.8) is 0 Å². The first-order valence-electron chi connectivity index (χ1n) is 9.33. The average Bonchev–Trinajstić information content (AvgIpc) is 2.60. The van der Waals surface area contributed by atoms with Gasteiger partial charge in [-0.1, -0.05) is 12.1 Å². The number of halogens is 1. The SMILES string of the molecule is Cc1cc2c(cc1C)[C@@H]1C[C@H](O)[C@@H](CCOCSCC[18F])CN1CC2. The Balaban J connectivity index is 1.56. The van der Waals surface area contributed by atoms with Crippen LogP contribution in [0.3, 0.4) is 0 Å². The highest BCUT2D eigenvalue weighted by molar-refractivity contribution is 7.99. The molecule has 0 unspecified atom stereocenters. The maximum absolute atomic E-state index is 12.0. The number of fused-ring (bicyclic) bond motifs is 3. The minimum atomic E-state index is -0.299. The number of aliphatic hydroxyl groups is 1. The van der Waals surface area contributed by atoms with E-state index in [-0.39, 0.29) is 18.7 Å². The lowest BCUT2D eigenvalue weighted by atomic mass is 9.80. The molecule has 1 N–H and O–H groups in total. The number of ether oxygens (including phenoxy) is 1. The predicted molar refractivity (Wildman–Crippen MR) is 102 cm³/mol. The second-order valence-electron chi connectivity index (χ2n) is 7.37. The Morgan fingerprint density at radius 1 is 1.32 bits per heavy atom. The summed E-state index contributed by atoms with van der Waals surface area (Å²) >= 11 is 1.48. The van der Waals surface area contributed by atoms with Crippen LogP contribution in [-0.2, 0) is 11.2 Å². The van der Waals surface area contributed by atoms with Crippen molar-refractivity contribution in [1.82, 2.24) is 4.90 Å². The topological polar surface area (TPSA) is 32.7 Å². The molecular weight excluding hydrogens is 336 g/mol. The standard InChI is InChI=1S/C20H30FNO2S/c1-14-9-16-3-6-22-12-17(4-7-24-13-25-8-5-21)20(23)11-19(22)18(16)10-15(14)2/h9-10,17,19-20,23H,3-8,11-13H2,1-2H3/t17-,19-,20-/m0/s1/i21-1. The number of hydrogen-bond acceptors (Lipinski definition) is 4. The van der Waals surface area contributed by atoms with Gasteiger partial charge in [-0.3, -0.25) is 9.29 Å². The fourth-order valence-electron chi connectivity index (χ4n) is 4.13. The summed E-state index contributed by atoms with van der Waals surface area (Å²) in [7, 11) is 0. The summed E-state index contributed by atoms with van der Waals surface area (Å²) in [6.45, 7) is 6.73. The molecule has 0 saturated carbocycles. The van der Waals surface area contributed by atoms with Crippen molar-refractivity contribution >= 4 is 11.8 Å². The zero-order valence-corrected chi connectivity index (χ0v) is 16.2. The molecule has 2 aliphatic heterocycles. The highest BCUT2D eigenvalue weighted by Gasteiger charge is 2.37. The van der Waals surface area contributed by atoms with Crippen LogP contribution in [0, 0.1) is 19.8 Å². The normalized spacial score (nSPS) is 26.3. The molecule has 0 radical (unpaired) electrons. The van der Waals surface area contributed by atoms with Gasteiger partial charge in [0, 0.05) is 31.5 Å². The van der Waals surface area contributed by atoms with Crippen LogP contribution in [0.25, 0.3) is 0 Å². The van der Waals surface area contributed by atoms with Crippen molar-refractivity contribution in [3.8, 4) is 0 Å². The van der Waals surface area contributed by atoms with Gasteiger partial charge < -0.3 is 9.84 Å². The molecule has 0 spiro atoms. The smallest absolute Gasteiger partial charge is 0.0985 e. The molecule has 2 heterocycles. The van der Waals surface area contributed by atoms with Crippen molar-refractivity contribution in [2.75, 3.05) is 38.1 Å². The van der Waals surface area contributed by atoms with E-state index >= 15 is 0 Å². The minimum absolute atomic E-state index is 0.268. The third-order valence-electron chi connectivity index (χ3n) is 5.72. The number of benzene rings is 1. The molecule has 0 bridgehead atoms. The summed E-state index contributed by atoms with van der Waals surface area (Å²) in [6, 6.07) is 5.03. The van der Waals surface area contributed by atoms with Crippen LogP contribution in [0.15, 0.2) is 12.1 Å². The van der Waals surface area contributed by atoms with Crippen LogP contribution in [-0.4, -0.2) is 54.2 Å². The van der Waals surface area contributed by atoms with E-state index in [0.717, 1.165) is 32.4 Å². The molecule has 25 heavy (non-hydrogen) atoms. The van der Waals surface area contributed by atoms with E-state index in [9.17, 15) is 9.50 Å². The van der Waals surface area contributed by atoms with E-state index < -0.39 is 0 Å². The Morgan fingerprint density at radius 2 is 2.12 bits per heavy atom. The molecule has 5 heteroatoms. The van der Waals surface area contributed by atoms with Crippen LogP contribution < -0.4 is 0 Å².